The third kappa shape index (κ3) is 19.5. The number of hydrogen-bond acceptors (Lipinski definition) is 12. The van der Waals surface area contributed by atoms with E-state index < -0.39 is 126 Å². The minimum Gasteiger partial charge on any atom is -0.480 e. The van der Waals surface area contributed by atoms with Crippen LogP contribution in [0.1, 0.15) is 98.5 Å². The number of carboxylic acids is 1. The molecule has 0 saturated carbocycles. The van der Waals surface area contributed by atoms with Gasteiger partial charge in [0.2, 0.25) is 53.2 Å². The number of hydrogen-bond donors (Lipinski definition) is 12. The van der Waals surface area contributed by atoms with Crippen molar-refractivity contribution in [1.82, 2.24) is 37.2 Å². The molecule has 0 aliphatic heterocycles. The molecule has 0 aliphatic rings. The molecule has 9 amide bonds. The molecule has 0 aromatic heterocycles. The highest BCUT2D eigenvalue weighted by atomic mass is 16.4. The summed E-state index contributed by atoms with van der Waals surface area (Å²) in [4.78, 5) is 130. The average molecular weight is 904 g/mol. The predicted molar refractivity (Wildman–Crippen MR) is 235 cm³/mol. The van der Waals surface area contributed by atoms with Crippen LogP contribution in [0.2, 0.25) is 0 Å². The number of benzene rings is 1. The largest absolute Gasteiger partial charge is 0.480 e. The van der Waals surface area contributed by atoms with Crippen LogP contribution < -0.4 is 60.2 Å². The fraction of sp³-hybridized carbons (Fsp3) is 0.619. The van der Waals surface area contributed by atoms with Crippen molar-refractivity contribution in [3.05, 3.63) is 35.9 Å². The van der Waals surface area contributed by atoms with Gasteiger partial charge in [0.1, 0.15) is 42.3 Å². The highest BCUT2D eigenvalue weighted by Crippen LogP contribution is 2.13. The van der Waals surface area contributed by atoms with E-state index in [0.29, 0.717) is 31.4 Å². The van der Waals surface area contributed by atoms with Gasteiger partial charge in [-0.15, -0.1) is 0 Å². The molecular weight excluding hydrogens is 835 g/mol. The quantitative estimate of drug-likeness (QED) is 0.0379. The SMILES string of the molecule is CC[C@H](NC(=O)[C@@H](N)CCCN)C(=O)N[C@@H](CCC(N)=O)C(=O)N[C@H](C(=O)N[C@@H](Cc1ccccc1)C(=O)N[C@@H](C)C(=O)N[C@@H](CC(N)=O)C(=O)N[C@H](C(=O)O)[C@@H](C)CC)[C@@H](C)CC. The van der Waals surface area contributed by atoms with Gasteiger partial charge in [-0.2, -0.15) is 0 Å². The lowest BCUT2D eigenvalue weighted by molar-refractivity contribution is -0.144. The van der Waals surface area contributed by atoms with E-state index in [2.05, 4.69) is 37.2 Å². The lowest BCUT2D eigenvalue weighted by Crippen LogP contribution is -2.61. The van der Waals surface area contributed by atoms with E-state index >= 15 is 0 Å². The first-order valence-electron chi connectivity index (χ1n) is 21.5. The van der Waals surface area contributed by atoms with Crippen molar-refractivity contribution >= 4 is 59.1 Å². The fourth-order valence-electron chi connectivity index (χ4n) is 6.23. The maximum Gasteiger partial charge on any atom is 0.326 e. The molecule has 0 bridgehead atoms. The molecular formula is C42H69N11O11. The maximum absolute atomic E-state index is 14.1. The first kappa shape index (κ1) is 55.9. The number of primary amides is 2. The van der Waals surface area contributed by atoms with Crippen molar-refractivity contribution in [2.24, 2.45) is 34.8 Å². The number of nitrogens with one attached hydrogen (secondary N) is 7. The second-order valence-corrected chi connectivity index (χ2v) is 15.9. The van der Waals surface area contributed by atoms with Crippen LogP contribution in [0.3, 0.4) is 0 Å². The van der Waals surface area contributed by atoms with Crippen LogP contribution in [0.4, 0.5) is 0 Å². The second kappa shape index (κ2) is 28.5. The summed E-state index contributed by atoms with van der Waals surface area (Å²) in [5.41, 5.74) is 22.7. The Morgan fingerprint density at radius 2 is 1.06 bits per heavy atom. The Morgan fingerprint density at radius 1 is 0.562 bits per heavy atom. The van der Waals surface area contributed by atoms with Gasteiger partial charge in [0.25, 0.3) is 0 Å². The van der Waals surface area contributed by atoms with Gasteiger partial charge in [0.05, 0.1) is 12.5 Å². The smallest absolute Gasteiger partial charge is 0.326 e. The van der Waals surface area contributed by atoms with Gasteiger partial charge in [-0.3, -0.25) is 43.2 Å². The van der Waals surface area contributed by atoms with Gasteiger partial charge >= 0.3 is 5.97 Å². The van der Waals surface area contributed by atoms with Crippen LogP contribution in [0.5, 0.6) is 0 Å². The Bertz CT molecular complexity index is 1770. The van der Waals surface area contributed by atoms with Crippen molar-refractivity contribution in [2.45, 2.75) is 148 Å². The molecule has 0 fully saturated rings. The number of carboxylic acid groups (broad SMARTS) is 1. The number of amides is 9. The normalized spacial score (nSPS) is 15.7. The van der Waals surface area contributed by atoms with Crippen molar-refractivity contribution in [2.75, 3.05) is 6.54 Å². The zero-order valence-corrected chi connectivity index (χ0v) is 37.6. The van der Waals surface area contributed by atoms with Gasteiger partial charge in [0.15, 0.2) is 0 Å². The van der Waals surface area contributed by atoms with Gasteiger partial charge < -0.3 is 65.3 Å². The first-order valence-corrected chi connectivity index (χ1v) is 21.5. The molecule has 64 heavy (non-hydrogen) atoms. The predicted octanol–water partition coefficient (Wildman–Crippen LogP) is -2.56. The van der Waals surface area contributed by atoms with Gasteiger partial charge in [-0.05, 0) is 56.6 Å². The number of rotatable bonds is 30. The summed E-state index contributed by atoms with van der Waals surface area (Å²) in [6, 6.07) is -1.89. The van der Waals surface area contributed by atoms with Crippen LogP contribution in [0.15, 0.2) is 30.3 Å². The summed E-state index contributed by atoms with van der Waals surface area (Å²) in [5.74, 6) is -9.96. The van der Waals surface area contributed by atoms with Crippen LogP contribution >= 0.6 is 0 Å². The van der Waals surface area contributed by atoms with Crippen molar-refractivity contribution < 1.29 is 53.1 Å². The summed E-state index contributed by atoms with van der Waals surface area (Å²) >= 11 is 0. The third-order valence-electron chi connectivity index (χ3n) is 10.7. The van der Waals surface area contributed by atoms with Crippen molar-refractivity contribution in [1.29, 1.82) is 0 Å². The molecule has 358 valence electrons. The van der Waals surface area contributed by atoms with Crippen LogP contribution in [-0.4, -0.2) is 119 Å². The van der Waals surface area contributed by atoms with E-state index in [4.69, 9.17) is 22.9 Å². The molecule has 0 aliphatic carbocycles. The molecule has 0 spiro atoms. The molecule has 1 aromatic carbocycles. The standard InChI is InChI=1S/C42H69N11O11/c1-7-22(4)33(52-38(59)28(17-18-31(45)54)49-37(58)27(9-3)48-36(57)26(44)16-13-19-43)41(62)51-29(20-25-14-11-10-12-15-25)39(60)47-24(6)35(56)50-30(21-32(46)55)40(61)53-34(42(63)64)23(5)8-2/h10-12,14-15,22-24,26-30,33-34H,7-9,13,16-21,43-44H2,1-6H3,(H2,45,54)(H2,46,55)(H,47,60)(H,48,57)(H,49,58)(H,50,56)(H,51,62)(H,52,59)(H,53,61)(H,63,64)/t22-,23-,24-,26-,27-,28-,29-,30-,33-,34-/m0/s1. The zero-order valence-electron chi connectivity index (χ0n) is 37.6. The minimum atomic E-state index is -1.59. The summed E-state index contributed by atoms with van der Waals surface area (Å²) in [7, 11) is 0. The average Bonchev–Trinajstić information content (AvgIpc) is 3.25. The highest BCUT2D eigenvalue weighted by molar-refractivity contribution is 5.98. The van der Waals surface area contributed by atoms with Crippen molar-refractivity contribution in [3.8, 4) is 0 Å². The number of carbonyl (C=O) groups excluding carboxylic acids is 9. The van der Waals surface area contributed by atoms with Crippen LogP contribution in [0, 0.1) is 11.8 Å². The van der Waals surface area contributed by atoms with E-state index in [0.717, 1.165) is 0 Å². The topological polar surface area (TPSA) is 379 Å². The van der Waals surface area contributed by atoms with E-state index in [1.54, 1.807) is 65.0 Å². The van der Waals surface area contributed by atoms with E-state index in [-0.39, 0.29) is 32.1 Å². The van der Waals surface area contributed by atoms with Gasteiger partial charge in [0, 0.05) is 12.8 Å². The monoisotopic (exact) mass is 904 g/mol. The second-order valence-electron chi connectivity index (χ2n) is 15.9. The number of aliphatic carboxylic acids is 1. The fourth-order valence-corrected chi connectivity index (χ4v) is 6.23. The minimum absolute atomic E-state index is 0.0931. The molecule has 0 unspecified atom stereocenters. The Hall–Kier alpha value is -6.16. The number of nitrogens with two attached hydrogens (primary N) is 4. The molecule has 0 heterocycles. The molecule has 10 atom stereocenters. The Balaban J connectivity index is 3.37. The van der Waals surface area contributed by atoms with Crippen LogP contribution in [0.25, 0.3) is 0 Å². The molecule has 1 aromatic rings. The van der Waals surface area contributed by atoms with Gasteiger partial charge in [-0.25, -0.2) is 4.79 Å². The Kier molecular flexibility index (Phi) is 24.9. The maximum atomic E-state index is 14.1. The lowest BCUT2D eigenvalue weighted by atomic mass is 9.96. The highest BCUT2D eigenvalue weighted by Gasteiger charge is 2.36. The lowest BCUT2D eigenvalue weighted by Gasteiger charge is -2.29. The Labute approximate surface area is 373 Å². The molecule has 22 nitrogen and oxygen atoms in total. The molecule has 0 saturated heterocycles. The molecule has 0 radical (unpaired) electrons. The van der Waals surface area contributed by atoms with E-state index in [1.165, 1.54) is 6.92 Å². The summed E-state index contributed by atoms with van der Waals surface area (Å²) in [6.45, 7) is 9.95. The molecule has 22 heteroatoms. The number of carbonyl (C=O) groups is 10. The summed E-state index contributed by atoms with van der Waals surface area (Å²) in [6.07, 6.45) is 0.241. The van der Waals surface area contributed by atoms with Crippen molar-refractivity contribution in [3.63, 3.8) is 0 Å². The van der Waals surface area contributed by atoms with E-state index in [9.17, 15) is 53.1 Å². The summed E-state index contributed by atoms with van der Waals surface area (Å²) in [5, 5.41) is 27.2. The summed E-state index contributed by atoms with van der Waals surface area (Å²) < 4.78 is 0. The van der Waals surface area contributed by atoms with E-state index in [1.807, 2.05) is 0 Å². The third-order valence-corrected chi connectivity index (χ3v) is 10.7. The Morgan fingerprint density at radius 3 is 1.59 bits per heavy atom. The zero-order chi connectivity index (χ0) is 48.7. The van der Waals surface area contributed by atoms with Gasteiger partial charge in [-0.1, -0.05) is 77.8 Å². The molecule has 16 N–H and O–H groups in total. The first-order chi connectivity index (χ1) is 30.1. The van der Waals surface area contributed by atoms with Crippen LogP contribution in [-0.2, 0) is 54.4 Å². The molecule has 1 rings (SSSR count).